The molecule has 1 aliphatic rings. The topological polar surface area (TPSA) is 78.7 Å². The Kier molecular flexibility index (Phi) is 12.5. The van der Waals surface area contributed by atoms with Crippen molar-refractivity contribution in [1.29, 1.82) is 0 Å². The van der Waals surface area contributed by atoms with E-state index in [0.717, 1.165) is 19.5 Å². The van der Waals surface area contributed by atoms with E-state index in [2.05, 4.69) is 41.4 Å². The van der Waals surface area contributed by atoms with Crippen LogP contribution in [0.5, 0.6) is 0 Å². The van der Waals surface area contributed by atoms with E-state index in [-0.39, 0.29) is 55.1 Å². The van der Waals surface area contributed by atoms with Crippen LogP contribution in [0.1, 0.15) is 45.7 Å². The molecule has 2 unspecified atom stereocenters. The first-order valence-electron chi connectivity index (χ1n) is 9.96. The van der Waals surface area contributed by atoms with Crippen molar-refractivity contribution in [1.82, 2.24) is 15.1 Å². The van der Waals surface area contributed by atoms with Crippen molar-refractivity contribution >= 4 is 36.6 Å². The molecule has 1 aromatic rings. The average molecular weight is 447 g/mol. The van der Waals surface area contributed by atoms with Gasteiger partial charge in [-0.25, -0.2) is 0 Å². The minimum atomic E-state index is -0.582. The summed E-state index contributed by atoms with van der Waals surface area (Å²) in [6.07, 6.45) is 0.955. The molecule has 166 valence electrons. The van der Waals surface area contributed by atoms with Gasteiger partial charge in [-0.3, -0.25) is 14.5 Å². The van der Waals surface area contributed by atoms with Crippen LogP contribution in [0.25, 0.3) is 0 Å². The third kappa shape index (κ3) is 7.45. The molecule has 6 nitrogen and oxygen atoms in total. The molecular weight excluding hydrogens is 411 g/mol. The lowest BCUT2D eigenvalue weighted by Crippen LogP contribution is -2.50. The second-order valence-electron chi connectivity index (χ2n) is 7.69. The van der Waals surface area contributed by atoms with Gasteiger partial charge in [-0.2, -0.15) is 0 Å². The monoisotopic (exact) mass is 446 g/mol. The van der Waals surface area contributed by atoms with Crippen LogP contribution in [0, 0.1) is 5.92 Å². The quantitative estimate of drug-likeness (QED) is 0.642. The van der Waals surface area contributed by atoms with E-state index in [1.54, 1.807) is 0 Å². The second kappa shape index (κ2) is 13.1. The molecule has 1 heterocycles. The van der Waals surface area contributed by atoms with Crippen LogP contribution in [0.4, 0.5) is 0 Å². The summed E-state index contributed by atoms with van der Waals surface area (Å²) in [6, 6.07) is 10.4. The van der Waals surface area contributed by atoms with Crippen LogP contribution in [0.3, 0.4) is 0 Å². The molecule has 0 bridgehead atoms. The van der Waals surface area contributed by atoms with Gasteiger partial charge in [0.05, 0.1) is 12.6 Å². The zero-order valence-corrected chi connectivity index (χ0v) is 19.5. The Morgan fingerprint density at radius 2 is 1.83 bits per heavy atom. The molecule has 0 spiro atoms. The minimum Gasteiger partial charge on any atom is -0.346 e. The smallest absolute Gasteiger partial charge is 0.242 e. The molecule has 1 aliphatic heterocycles. The summed E-state index contributed by atoms with van der Waals surface area (Å²) in [5, 5.41) is 2.69. The number of carbonyl (C=O) groups is 2. The Morgan fingerprint density at radius 3 is 2.38 bits per heavy atom. The maximum Gasteiger partial charge on any atom is 0.242 e. The fourth-order valence-corrected chi connectivity index (χ4v) is 3.64. The van der Waals surface area contributed by atoms with Crippen LogP contribution >= 0.6 is 24.8 Å². The normalized spacial score (nSPS) is 18.3. The number of amides is 2. The highest BCUT2D eigenvalue weighted by atomic mass is 35.5. The summed E-state index contributed by atoms with van der Waals surface area (Å²) in [4.78, 5) is 29.0. The standard InChI is InChI=1S/C21H34N4O2.2ClH/c1-5-25(19(26)13-23-21(27)20(22)15(2)3)18-11-12-24(14-18)16(4)17-9-7-6-8-10-17;;/h6-10,15-16,18,20H,5,11-14,22H2,1-4H3,(H,23,27);2*1H/t16?,18?,20-;;/m0../s1. The number of halogens is 2. The zero-order valence-electron chi connectivity index (χ0n) is 17.8. The van der Waals surface area contributed by atoms with Gasteiger partial charge >= 0.3 is 0 Å². The lowest BCUT2D eigenvalue weighted by molar-refractivity contribution is -0.134. The summed E-state index contributed by atoms with van der Waals surface area (Å²) in [6.45, 7) is 10.5. The average Bonchev–Trinajstić information content (AvgIpc) is 3.15. The van der Waals surface area contributed by atoms with Crippen LogP contribution in [-0.4, -0.2) is 59.9 Å². The van der Waals surface area contributed by atoms with Gasteiger partial charge in [0.15, 0.2) is 0 Å². The van der Waals surface area contributed by atoms with Crippen molar-refractivity contribution in [2.75, 3.05) is 26.2 Å². The Labute approximate surface area is 187 Å². The number of likely N-dealkylation sites (tertiary alicyclic amines) is 1. The fraction of sp³-hybridized carbons (Fsp3) is 0.619. The molecule has 1 saturated heterocycles. The molecule has 8 heteroatoms. The predicted molar refractivity (Wildman–Crippen MR) is 123 cm³/mol. The molecule has 0 radical (unpaired) electrons. The van der Waals surface area contributed by atoms with Crippen molar-refractivity contribution in [3.05, 3.63) is 35.9 Å². The van der Waals surface area contributed by atoms with Gasteiger partial charge in [-0.05, 0) is 31.7 Å². The summed E-state index contributed by atoms with van der Waals surface area (Å²) in [7, 11) is 0. The minimum absolute atomic E-state index is 0. The van der Waals surface area contributed by atoms with Crippen LogP contribution < -0.4 is 11.1 Å². The molecule has 3 atom stereocenters. The third-order valence-electron chi connectivity index (χ3n) is 5.56. The van der Waals surface area contributed by atoms with E-state index in [0.29, 0.717) is 12.6 Å². The maximum absolute atomic E-state index is 12.7. The first-order valence-corrected chi connectivity index (χ1v) is 9.96. The molecule has 1 fully saturated rings. The number of carbonyl (C=O) groups excluding carboxylic acids is 2. The molecule has 3 N–H and O–H groups in total. The molecule has 29 heavy (non-hydrogen) atoms. The third-order valence-corrected chi connectivity index (χ3v) is 5.56. The number of benzene rings is 1. The first-order chi connectivity index (χ1) is 12.8. The Bertz CT molecular complexity index is 630. The van der Waals surface area contributed by atoms with E-state index >= 15 is 0 Å². The van der Waals surface area contributed by atoms with Crippen LogP contribution in [0.2, 0.25) is 0 Å². The molecule has 2 amide bonds. The van der Waals surface area contributed by atoms with Crippen molar-refractivity contribution in [3.8, 4) is 0 Å². The summed E-state index contributed by atoms with van der Waals surface area (Å²) in [5.74, 6) is -0.258. The highest BCUT2D eigenvalue weighted by molar-refractivity contribution is 5.87. The Hall–Kier alpha value is -1.34. The van der Waals surface area contributed by atoms with Gasteiger partial charge in [-0.1, -0.05) is 44.2 Å². The maximum atomic E-state index is 12.7. The lowest BCUT2D eigenvalue weighted by atomic mass is 10.1. The highest BCUT2D eigenvalue weighted by Gasteiger charge is 2.32. The van der Waals surface area contributed by atoms with Gasteiger partial charge in [-0.15, -0.1) is 24.8 Å². The molecule has 0 aromatic heterocycles. The highest BCUT2D eigenvalue weighted by Crippen LogP contribution is 2.26. The second-order valence-corrected chi connectivity index (χ2v) is 7.69. The van der Waals surface area contributed by atoms with Gasteiger partial charge in [0.25, 0.3) is 0 Å². The van der Waals surface area contributed by atoms with Crippen molar-refractivity contribution < 1.29 is 9.59 Å². The van der Waals surface area contributed by atoms with E-state index < -0.39 is 6.04 Å². The van der Waals surface area contributed by atoms with E-state index in [4.69, 9.17) is 5.73 Å². The van der Waals surface area contributed by atoms with E-state index in [1.807, 2.05) is 31.7 Å². The van der Waals surface area contributed by atoms with Crippen molar-refractivity contribution in [3.63, 3.8) is 0 Å². The largest absolute Gasteiger partial charge is 0.346 e. The van der Waals surface area contributed by atoms with Crippen LogP contribution in [-0.2, 0) is 9.59 Å². The molecule has 1 aromatic carbocycles. The number of nitrogens with zero attached hydrogens (tertiary/aromatic N) is 2. The number of likely N-dealkylation sites (N-methyl/N-ethyl adjacent to an activating group) is 1. The summed E-state index contributed by atoms with van der Waals surface area (Å²) >= 11 is 0. The van der Waals surface area contributed by atoms with Crippen molar-refractivity contribution in [2.24, 2.45) is 11.7 Å². The summed E-state index contributed by atoms with van der Waals surface area (Å²) < 4.78 is 0. The molecule has 0 aliphatic carbocycles. The van der Waals surface area contributed by atoms with Crippen molar-refractivity contribution in [2.45, 2.75) is 52.2 Å². The lowest BCUT2D eigenvalue weighted by Gasteiger charge is -2.30. The first kappa shape index (κ1) is 27.7. The van der Waals surface area contributed by atoms with Gasteiger partial charge in [0.2, 0.25) is 11.8 Å². The molecular formula is C21H36Cl2N4O2. The predicted octanol–water partition coefficient (Wildman–Crippen LogP) is 2.61. The van der Waals surface area contributed by atoms with E-state index in [1.165, 1.54) is 5.56 Å². The molecule has 0 saturated carbocycles. The number of nitrogens with one attached hydrogen (secondary N) is 1. The Balaban J connectivity index is 0.00000392. The molecule has 2 rings (SSSR count). The number of rotatable bonds is 8. The van der Waals surface area contributed by atoms with Gasteiger partial charge in [0, 0.05) is 31.7 Å². The Morgan fingerprint density at radius 1 is 1.21 bits per heavy atom. The van der Waals surface area contributed by atoms with Crippen LogP contribution in [0.15, 0.2) is 30.3 Å². The number of nitrogens with two attached hydrogens (primary N) is 1. The van der Waals surface area contributed by atoms with Gasteiger partial charge in [0.1, 0.15) is 0 Å². The fourth-order valence-electron chi connectivity index (χ4n) is 3.64. The number of hydrogen-bond acceptors (Lipinski definition) is 4. The zero-order chi connectivity index (χ0) is 20.0. The number of hydrogen-bond donors (Lipinski definition) is 2. The van der Waals surface area contributed by atoms with E-state index in [9.17, 15) is 9.59 Å². The SMILES string of the molecule is CCN(C(=O)CNC(=O)[C@@H](N)C(C)C)C1CCN(C(C)c2ccccc2)C1.Cl.Cl. The van der Waals surface area contributed by atoms with Gasteiger partial charge < -0.3 is 16.0 Å². The summed E-state index contributed by atoms with van der Waals surface area (Å²) in [5.41, 5.74) is 7.13.